The third-order valence-electron chi connectivity index (χ3n) is 5.18. The molecule has 0 radical (unpaired) electrons. The summed E-state index contributed by atoms with van der Waals surface area (Å²) in [5.41, 5.74) is 1.01. The fourth-order valence-corrected chi connectivity index (χ4v) is 4.71. The van der Waals surface area contributed by atoms with Crippen molar-refractivity contribution in [2.75, 3.05) is 52.9 Å². The van der Waals surface area contributed by atoms with E-state index in [0.29, 0.717) is 44.2 Å². The molecular weight excluding hydrogens is 394 g/mol. The second kappa shape index (κ2) is 10.2. The molecule has 0 spiro atoms. The summed E-state index contributed by atoms with van der Waals surface area (Å²) in [6.07, 6.45) is 0. The molecule has 1 atom stereocenters. The van der Waals surface area contributed by atoms with Gasteiger partial charge in [-0.3, -0.25) is 14.5 Å². The van der Waals surface area contributed by atoms with E-state index in [-0.39, 0.29) is 24.3 Å². The van der Waals surface area contributed by atoms with Crippen LogP contribution in [0.1, 0.15) is 19.4 Å². The number of carbonyl (C=O) groups excluding carboxylic acids is 2. The van der Waals surface area contributed by atoms with Gasteiger partial charge in [-0.2, -0.15) is 4.31 Å². The molecule has 0 aromatic heterocycles. The fourth-order valence-electron chi connectivity index (χ4n) is 3.29. The first-order valence-electron chi connectivity index (χ1n) is 9.83. The van der Waals surface area contributed by atoms with Gasteiger partial charge in [-0.25, -0.2) is 8.42 Å². The Morgan fingerprint density at radius 2 is 1.72 bits per heavy atom. The number of likely N-dealkylation sites (N-methyl/N-ethyl adjacent to an activating group) is 1. The van der Waals surface area contributed by atoms with Gasteiger partial charge < -0.3 is 9.64 Å². The van der Waals surface area contributed by atoms with Crippen molar-refractivity contribution in [2.24, 2.45) is 5.92 Å². The topological polar surface area (TPSA) is 87.2 Å². The van der Waals surface area contributed by atoms with Crippen LogP contribution in [0.15, 0.2) is 29.2 Å². The van der Waals surface area contributed by atoms with Crippen LogP contribution in [-0.4, -0.2) is 87.3 Å². The molecule has 0 N–H and O–H groups in total. The molecule has 1 aromatic rings. The Bertz CT molecular complexity index is 802. The SMILES string of the molecule is CCN(CC(C)C(=O)OC)C(=O)CN1CCN(S(=O)(=O)c2ccc(C)cc2)CC1. The average Bonchev–Trinajstić information content (AvgIpc) is 2.71. The highest BCUT2D eigenvalue weighted by Gasteiger charge is 2.30. The van der Waals surface area contributed by atoms with Gasteiger partial charge in [0.2, 0.25) is 15.9 Å². The number of methoxy groups -OCH3 is 1. The number of rotatable bonds is 8. The van der Waals surface area contributed by atoms with E-state index < -0.39 is 10.0 Å². The predicted molar refractivity (Wildman–Crippen MR) is 110 cm³/mol. The van der Waals surface area contributed by atoms with Crippen LogP contribution in [0.5, 0.6) is 0 Å². The standard InChI is InChI=1S/C20H31N3O5S/c1-5-22(14-17(3)20(25)28-4)19(24)15-21-10-12-23(13-11-21)29(26,27)18-8-6-16(2)7-9-18/h6-9,17H,5,10-15H2,1-4H3. The lowest BCUT2D eigenvalue weighted by Gasteiger charge is -2.35. The molecule has 1 fully saturated rings. The molecule has 8 nitrogen and oxygen atoms in total. The monoisotopic (exact) mass is 425 g/mol. The first-order chi connectivity index (χ1) is 13.7. The largest absolute Gasteiger partial charge is 0.469 e. The molecular formula is C20H31N3O5S. The Kier molecular flexibility index (Phi) is 8.18. The molecule has 1 unspecified atom stereocenters. The number of ether oxygens (including phenoxy) is 1. The van der Waals surface area contributed by atoms with Crippen LogP contribution in [0.3, 0.4) is 0 Å². The lowest BCUT2D eigenvalue weighted by atomic mass is 10.1. The van der Waals surface area contributed by atoms with Gasteiger partial charge in [0.05, 0.1) is 24.5 Å². The van der Waals surface area contributed by atoms with E-state index >= 15 is 0 Å². The summed E-state index contributed by atoms with van der Waals surface area (Å²) in [7, 11) is -2.19. The molecule has 0 bridgehead atoms. The number of aryl methyl sites for hydroxylation is 1. The van der Waals surface area contributed by atoms with Crippen molar-refractivity contribution in [1.82, 2.24) is 14.1 Å². The molecule has 0 saturated carbocycles. The van der Waals surface area contributed by atoms with E-state index in [4.69, 9.17) is 4.74 Å². The number of piperazine rings is 1. The first-order valence-corrected chi connectivity index (χ1v) is 11.3. The fraction of sp³-hybridized carbons (Fsp3) is 0.600. The van der Waals surface area contributed by atoms with Gasteiger partial charge in [-0.05, 0) is 26.0 Å². The molecule has 1 heterocycles. The summed E-state index contributed by atoms with van der Waals surface area (Å²) in [5, 5.41) is 0. The number of benzene rings is 1. The Hall–Kier alpha value is -1.97. The second-order valence-corrected chi connectivity index (χ2v) is 9.29. The summed E-state index contributed by atoms with van der Waals surface area (Å²) in [4.78, 5) is 28.1. The van der Waals surface area contributed by atoms with Crippen LogP contribution in [0.25, 0.3) is 0 Å². The van der Waals surface area contributed by atoms with Crippen molar-refractivity contribution >= 4 is 21.9 Å². The Morgan fingerprint density at radius 1 is 1.14 bits per heavy atom. The number of nitrogens with zero attached hydrogens (tertiary/aromatic N) is 3. The molecule has 29 heavy (non-hydrogen) atoms. The molecule has 1 amide bonds. The van der Waals surface area contributed by atoms with E-state index in [1.807, 2.05) is 18.7 Å². The third-order valence-corrected chi connectivity index (χ3v) is 7.09. The second-order valence-electron chi connectivity index (χ2n) is 7.35. The van der Waals surface area contributed by atoms with Gasteiger partial charge in [-0.15, -0.1) is 0 Å². The maximum absolute atomic E-state index is 12.8. The molecule has 1 aliphatic heterocycles. The molecule has 2 rings (SSSR count). The Morgan fingerprint density at radius 3 is 2.24 bits per heavy atom. The van der Waals surface area contributed by atoms with E-state index in [2.05, 4.69) is 0 Å². The van der Waals surface area contributed by atoms with Crippen LogP contribution >= 0.6 is 0 Å². The summed E-state index contributed by atoms with van der Waals surface area (Å²) >= 11 is 0. The quantitative estimate of drug-likeness (QED) is 0.577. The number of hydrogen-bond donors (Lipinski definition) is 0. The van der Waals surface area contributed by atoms with Crippen LogP contribution in [0, 0.1) is 12.8 Å². The Labute approximate surface area is 173 Å². The molecule has 162 valence electrons. The summed E-state index contributed by atoms with van der Waals surface area (Å²) in [6, 6.07) is 6.83. The molecule has 9 heteroatoms. The summed E-state index contributed by atoms with van der Waals surface area (Å²) in [5.74, 6) is -0.801. The van der Waals surface area contributed by atoms with Crippen molar-refractivity contribution in [3.8, 4) is 0 Å². The minimum absolute atomic E-state index is 0.0712. The smallest absolute Gasteiger partial charge is 0.310 e. The van der Waals surface area contributed by atoms with E-state index in [1.165, 1.54) is 11.4 Å². The minimum atomic E-state index is -3.52. The van der Waals surface area contributed by atoms with Crippen LogP contribution in [0.4, 0.5) is 0 Å². The van der Waals surface area contributed by atoms with Gasteiger partial charge in [0, 0.05) is 39.3 Å². The van der Waals surface area contributed by atoms with Crippen molar-refractivity contribution in [3.05, 3.63) is 29.8 Å². The number of carbonyl (C=O) groups is 2. The number of sulfonamides is 1. The van der Waals surface area contributed by atoms with Crippen LogP contribution < -0.4 is 0 Å². The first kappa shape index (κ1) is 23.3. The van der Waals surface area contributed by atoms with Crippen LogP contribution in [-0.2, 0) is 24.3 Å². The zero-order valence-corrected chi connectivity index (χ0v) is 18.4. The third kappa shape index (κ3) is 6.01. The zero-order chi connectivity index (χ0) is 21.6. The normalized spacial score (nSPS) is 17.0. The van der Waals surface area contributed by atoms with Crippen molar-refractivity contribution in [3.63, 3.8) is 0 Å². The van der Waals surface area contributed by atoms with Gasteiger partial charge in [0.1, 0.15) is 0 Å². The van der Waals surface area contributed by atoms with E-state index in [0.717, 1.165) is 5.56 Å². The van der Waals surface area contributed by atoms with Crippen molar-refractivity contribution in [1.29, 1.82) is 0 Å². The highest BCUT2D eigenvalue weighted by Crippen LogP contribution is 2.18. The Balaban J connectivity index is 1.90. The van der Waals surface area contributed by atoms with Gasteiger partial charge in [0.15, 0.2) is 0 Å². The van der Waals surface area contributed by atoms with Crippen LogP contribution in [0.2, 0.25) is 0 Å². The predicted octanol–water partition coefficient (Wildman–Crippen LogP) is 0.959. The van der Waals surface area contributed by atoms with Gasteiger partial charge in [0.25, 0.3) is 0 Å². The molecule has 1 aromatic carbocycles. The average molecular weight is 426 g/mol. The van der Waals surface area contributed by atoms with Gasteiger partial charge >= 0.3 is 5.97 Å². The van der Waals surface area contributed by atoms with E-state index in [1.54, 1.807) is 36.1 Å². The highest BCUT2D eigenvalue weighted by molar-refractivity contribution is 7.89. The number of esters is 1. The van der Waals surface area contributed by atoms with E-state index in [9.17, 15) is 18.0 Å². The molecule has 0 aliphatic carbocycles. The number of amides is 1. The lowest BCUT2D eigenvalue weighted by Crippen LogP contribution is -2.52. The molecule has 1 saturated heterocycles. The maximum Gasteiger partial charge on any atom is 0.310 e. The number of hydrogen-bond acceptors (Lipinski definition) is 6. The highest BCUT2D eigenvalue weighted by atomic mass is 32.2. The van der Waals surface area contributed by atoms with Crippen molar-refractivity contribution in [2.45, 2.75) is 25.7 Å². The van der Waals surface area contributed by atoms with Gasteiger partial charge in [-0.1, -0.05) is 24.6 Å². The summed E-state index contributed by atoms with van der Waals surface area (Å²) in [6.45, 7) is 8.19. The van der Waals surface area contributed by atoms with Crippen molar-refractivity contribution < 1.29 is 22.7 Å². The minimum Gasteiger partial charge on any atom is -0.469 e. The summed E-state index contributed by atoms with van der Waals surface area (Å²) < 4.78 is 31.8. The molecule has 1 aliphatic rings. The lowest BCUT2D eigenvalue weighted by molar-refractivity contribution is -0.146. The maximum atomic E-state index is 12.8. The zero-order valence-electron chi connectivity index (χ0n) is 17.6.